The maximum absolute atomic E-state index is 6.10. The molecule has 0 amide bonds. The lowest BCUT2D eigenvalue weighted by atomic mass is 10.1. The molecular weight excluding hydrogens is 298 g/mol. The van der Waals surface area contributed by atoms with Gasteiger partial charge in [-0.2, -0.15) is 0 Å². The average Bonchev–Trinajstić information content (AvgIpc) is 2.61. The monoisotopic (exact) mass is 327 g/mol. The number of unbranched alkanes of at least 4 members (excludes halogenated alkanes) is 2. The van der Waals surface area contributed by atoms with Gasteiger partial charge in [0.25, 0.3) is 0 Å². The Balaban J connectivity index is 2.01. The number of hydrogen-bond acceptors (Lipinski definition) is 3. The van der Waals surface area contributed by atoms with Gasteiger partial charge >= 0.3 is 0 Å². The molecule has 2 rings (SSSR count). The van der Waals surface area contributed by atoms with E-state index in [1.807, 2.05) is 12.1 Å². The van der Waals surface area contributed by atoms with Crippen molar-refractivity contribution >= 4 is 0 Å². The lowest BCUT2D eigenvalue weighted by Gasteiger charge is -2.16. The molecule has 0 aromatic heterocycles. The van der Waals surface area contributed by atoms with Gasteiger partial charge in [0.2, 0.25) is 0 Å². The third kappa shape index (κ3) is 5.57. The Labute approximate surface area is 146 Å². The number of aryl methyl sites for hydroxylation is 1. The summed E-state index contributed by atoms with van der Waals surface area (Å²) >= 11 is 0. The summed E-state index contributed by atoms with van der Waals surface area (Å²) in [4.78, 5) is 0. The zero-order valence-corrected chi connectivity index (χ0v) is 15.1. The van der Waals surface area contributed by atoms with Gasteiger partial charge in [-0.25, -0.2) is 0 Å². The van der Waals surface area contributed by atoms with Crippen molar-refractivity contribution in [3.05, 3.63) is 59.2 Å². The third-order valence-electron chi connectivity index (χ3n) is 4.06. The highest BCUT2D eigenvalue weighted by atomic mass is 16.5. The normalized spacial score (nSPS) is 10.6. The maximum Gasteiger partial charge on any atom is 0.166 e. The fourth-order valence-corrected chi connectivity index (χ4v) is 2.59. The van der Waals surface area contributed by atoms with E-state index in [2.05, 4.69) is 49.5 Å². The first kappa shape index (κ1) is 18.3. The standard InChI is InChI=1S/C21H29NO2/c1-4-5-6-14-22-15-19-8-7-9-20(23-3)21(19)24-16-18-12-10-17(2)11-13-18/h7-13,22H,4-6,14-16H2,1-3H3. The number of hydrogen-bond donors (Lipinski definition) is 1. The van der Waals surface area contributed by atoms with Crippen molar-refractivity contribution in [1.29, 1.82) is 0 Å². The van der Waals surface area contributed by atoms with Gasteiger partial charge in [-0.15, -0.1) is 0 Å². The first-order chi connectivity index (χ1) is 11.7. The molecule has 0 aliphatic carbocycles. The minimum atomic E-state index is 0.545. The van der Waals surface area contributed by atoms with E-state index in [4.69, 9.17) is 9.47 Å². The van der Waals surface area contributed by atoms with Gasteiger partial charge in [0.1, 0.15) is 6.61 Å². The van der Waals surface area contributed by atoms with Crippen molar-refractivity contribution < 1.29 is 9.47 Å². The molecule has 3 nitrogen and oxygen atoms in total. The molecule has 2 aromatic rings. The molecule has 0 unspecified atom stereocenters. The summed E-state index contributed by atoms with van der Waals surface area (Å²) in [5, 5.41) is 3.50. The van der Waals surface area contributed by atoms with Crippen LogP contribution in [0, 0.1) is 6.92 Å². The van der Waals surface area contributed by atoms with Crippen LogP contribution in [0.3, 0.4) is 0 Å². The molecule has 0 saturated carbocycles. The zero-order valence-electron chi connectivity index (χ0n) is 15.1. The van der Waals surface area contributed by atoms with Gasteiger partial charge in [-0.05, 0) is 31.5 Å². The van der Waals surface area contributed by atoms with E-state index in [1.165, 1.54) is 24.8 Å². The Morgan fingerprint density at radius 2 is 1.79 bits per heavy atom. The van der Waals surface area contributed by atoms with E-state index < -0.39 is 0 Å². The number of rotatable bonds is 10. The van der Waals surface area contributed by atoms with Crippen LogP contribution in [0.25, 0.3) is 0 Å². The minimum Gasteiger partial charge on any atom is -0.493 e. The highest BCUT2D eigenvalue weighted by Gasteiger charge is 2.10. The van der Waals surface area contributed by atoms with Crippen molar-refractivity contribution in [2.24, 2.45) is 0 Å². The quantitative estimate of drug-likeness (QED) is 0.632. The van der Waals surface area contributed by atoms with Gasteiger partial charge < -0.3 is 14.8 Å². The molecule has 0 fully saturated rings. The fraction of sp³-hybridized carbons (Fsp3) is 0.429. The molecule has 0 atom stereocenters. The first-order valence-electron chi connectivity index (χ1n) is 8.79. The summed E-state index contributed by atoms with van der Waals surface area (Å²) in [6.45, 7) is 6.68. The number of nitrogens with one attached hydrogen (secondary N) is 1. The second kappa shape index (κ2) is 9.99. The summed E-state index contributed by atoms with van der Waals surface area (Å²) in [5.41, 5.74) is 3.55. The SMILES string of the molecule is CCCCCNCc1cccc(OC)c1OCc1ccc(C)cc1. The van der Waals surface area contributed by atoms with Crippen LogP contribution < -0.4 is 14.8 Å². The van der Waals surface area contributed by atoms with E-state index in [9.17, 15) is 0 Å². The molecule has 0 radical (unpaired) electrons. The molecule has 2 aromatic carbocycles. The van der Waals surface area contributed by atoms with Crippen molar-refractivity contribution in [3.63, 3.8) is 0 Å². The first-order valence-corrected chi connectivity index (χ1v) is 8.79. The Morgan fingerprint density at radius 3 is 2.50 bits per heavy atom. The molecule has 0 aliphatic heterocycles. The van der Waals surface area contributed by atoms with Gasteiger partial charge in [-0.1, -0.05) is 61.7 Å². The molecule has 24 heavy (non-hydrogen) atoms. The second-order valence-electron chi connectivity index (χ2n) is 6.11. The highest BCUT2D eigenvalue weighted by molar-refractivity contribution is 5.46. The second-order valence-corrected chi connectivity index (χ2v) is 6.11. The summed E-state index contributed by atoms with van der Waals surface area (Å²) in [6, 6.07) is 14.5. The van der Waals surface area contributed by atoms with E-state index in [0.29, 0.717) is 6.61 Å². The Hall–Kier alpha value is -2.00. The zero-order chi connectivity index (χ0) is 17.2. The lowest BCUT2D eigenvalue weighted by Crippen LogP contribution is -2.15. The summed E-state index contributed by atoms with van der Waals surface area (Å²) in [5.74, 6) is 1.62. The summed E-state index contributed by atoms with van der Waals surface area (Å²) < 4.78 is 11.6. The fourth-order valence-electron chi connectivity index (χ4n) is 2.59. The van der Waals surface area contributed by atoms with Gasteiger partial charge in [0.15, 0.2) is 11.5 Å². The van der Waals surface area contributed by atoms with E-state index >= 15 is 0 Å². The molecule has 3 heteroatoms. The van der Waals surface area contributed by atoms with Gasteiger partial charge in [-0.3, -0.25) is 0 Å². The molecule has 0 spiro atoms. The predicted molar refractivity (Wildman–Crippen MR) is 99.7 cm³/mol. The molecule has 0 heterocycles. The lowest BCUT2D eigenvalue weighted by molar-refractivity contribution is 0.280. The van der Waals surface area contributed by atoms with E-state index in [1.54, 1.807) is 7.11 Å². The third-order valence-corrected chi connectivity index (χ3v) is 4.06. The smallest absolute Gasteiger partial charge is 0.166 e. The largest absolute Gasteiger partial charge is 0.493 e. The Morgan fingerprint density at radius 1 is 1.00 bits per heavy atom. The molecule has 130 valence electrons. The van der Waals surface area contributed by atoms with Crippen molar-refractivity contribution in [3.8, 4) is 11.5 Å². The van der Waals surface area contributed by atoms with Crippen LogP contribution in [0.2, 0.25) is 0 Å². The molecule has 0 saturated heterocycles. The Kier molecular flexibility index (Phi) is 7.63. The summed E-state index contributed by atoms with van der Waals surface area (Å²) in [7, 11) is 1.69. The minimum absolute atomic E-state index is 0.545. The van der Waals surface area contributed by atoms with Crippen molar-refractivity contribution in [2.75, 3.05) is 13.7 Å². The van der Waals surface area contributed by atoms with Crippen molar-refractivity contribution in [2.45, 2.75) is 46.3 Å². The van der Waals surface area contributed by atoms with Crippen LogP contribution in [-0.2, 0) is 13.2 Å². The topological polar surface area (TPSA) is 30.5 Å². The molecule has 0 bridgehead atoms. The van der Waals surface area contributed by atoms with Gasteiger partial charge in [0, 0.05) is 12.1 Å². The predicted octanol–water partition coefficient (Wildman–Crippen LogP) is 4.86. The van der Waals surface area contributed by atoms with E-state index in [0.717, 1.165) is 35.7 Å². The highest BCUT2D eigenvalue weighted by Crippen LogP contribution is 2.31. The van der Waals surface area contributed by atoms with Crippen LogP contribution in [0.1, 0.15) is 42.9 Å². The molecule has 1 N–H and O–H groups in total. The van der Waals surface area contributed by atoms with Crippen LogP contribution in [0.5, 0.6) is 11.5 Å². The number of methoxy groups -OCH3 is 1. The molecule has 0 aliphatic rings. The Bertz CT molecular complexity index is 608. The van der Waals surface area contributed by atoms with Crippen molar-refractivity contribution in [1.82, 2.24) is 5.32 Å². The molecular formula is C21H29NO2. The summed E-state index contributed by atoms with van der Waals surface area (Å²) in [6.07, 6.45) is 3.72. The number of benzene rings is 2. The van der Waals surface area contributed by atoms with E-state index in [-0.39, 0.29) is 0 Å². The van der Waals surface area contributed by atoms with Crippen LogP contribution in [0.4, 0.5) is 0 Å². The van der Waals surface area contributed by atoms with Gasteiger partial charge in [0.05, 0.1) is 7.11 Å². The van der Waals surface area contributed by atoms with Crippen LogP contribution in [-0.4, -0.2) is 13.7 Å². The number of ether oxygens (including phenoxy) is 2. The average molecular weight is 327 g/mol. The maximum atomic E-state index is 6.10. The van der Waals surface area contributed by atoms with Crippen LogP contribution >= 0.6 is 0 Å². The van der Waals surface area contributed by atoms with Crippen LogP contribution in [0.15, 0.2) is 42.5 Å². The number of para-hydroxylation sites is 1.